The van der Waals surface area contributed by atoms with Crippen LogP contribution in [0.4, 0.5) is 5.69 Å². The van der Waals surface area contributed by atoms with E-state index in [-0.39, 0.29) is 4.87 Å². The second-order valence-electron chi connectivity index (χ2n) is 3.76. The lowest BCUT2D eigenvalue weighted by molar-refractivity contribution is 0.761. The fraction of sp³-hybridized carbons (Fsp3) is 0.333. The van der Waals surface area contributed by atoms with Gasteiger partial charge in [0, 0.05) is 30.0 Å². The van der Waals surface area contributed by atoms with Crippen LogP contribution in [0.1, 0.15) is 19.0 Å². The third-order valence-corrected chi connectivity index (χ3v) is 3.07. The molecular weight excluding hydrogens is 234 g/mol. The molecule has 0 atom stereocenters. The predicted molar refractivity (Wildman–Crippen MR) is 70.7 cm³/mol. The molecule has 0 aliphatic heterocycles. The highest BCUT2D eigenvalue weighted by molar-refractivity contribution is 7.07. The molecule has 0 saturated heterocycles. The molecule has 5 heteroatoms. The third-order valence-electron chi connectivity index (χ3n) is 2.37. The molecule has 2 aromatic heterocycles. The first kappa shape index (κ1) is 11.9. The number of hydrogen-bond donors (Lipinski definition) is 1. The lowest BCUT2D eigenvalue weighted by Crippen LogP contribution is -2.13. The van der Waals surface area contributed by atoms with E-state index < -0.39 is 0 Å². The van der Waals surface area contributed by atoms with Gasteiger partial charge in [-0.1, -0.05) is 18.3 Å². The van der Waals surface area contributed by atoms with Crippen LogP contribution in [-0.2, 0) is 6.54 Å². The molecule has 0 radical (unpaired) electrons. The van der Waals surface area contributed by atoms with E-state index in [1.54, 1.807) is 22.3 Å². The molecule has 0 aromatic carbocycles. The molecule has 0 unspecified atom stereocenters. The Morgan fingerprint density at radius 3 is 3.12 bits per heavy atom. The van der Waals surface area contributed by atoms with Gasteiger partial charge in [-0.2, -0.15) is 0 Å². The number of nitrogens with one attached hydrogen (secondary N) is 1. The van der Waals surface area contributed by atoms with Crippen molar-refractivity contribution in [2.45, 2.75) is 19.9 Å². The second-order valence-corrected chi connectivity index (χ2v) is 4.62. The third kappa shape index (κ3) is 3.17. The number of aromatic nitrogens is 2. The largest absolute Gasteiger partial charge is 0.385 e. The van der Waals surface area contributed by atoms with Crippen LogP contribution in [0.5, 0.6) is 0 Å². The molecule has 0 aliphatic carbocycles. The minimum atomic E-state index is 0.0544. The number of rotatable bonds is 5. The standard InChI is InChI=1S/C12H15N3OS/c1-2-4-13-10-3-5-14-11(8-10)9-15-6-7-17-12(15)16/h3,5-8H,2,4,9H2,1H3,(H,13,14). The van der Waals surface area contributed by atoms with Crippen molar-refractivity contribution in [3.05, 3.63) is 45.3 Å². The summed E-state index contributed by atoms with van der Waals surface area (Å²) in [5.74, 6) is 0. The molecule has 2 aromatic rings. The fourth-order valence-electron chi connectivity index (χ4n) is 1.53. The van der Waals surface area contributed by atoms with Crippen LogP contribution in [0.15, 0.2) is 34.7 Å². The van der Waals surface area contributed by atoms with Crippen molar-refractivity contribution in [1.29, 1.82) is 0 Å². The molecule has 0 fully saturated rings. The highest BCUT2D eigenvalue weighted by atomic mass is 32.1. The van der Waals surface area contributed by atoms with E-state index in [9.17, 15) is 4.79 Å². The molecule has 0 aliphatic rings. The quantitative estimate of drug-likeness (QED) is 0.883. The number of pyridine rings is 1. The van der Waals surface area contributed by atoms with Crippen LogP contribution in [0.2, 0.25) is 0 Å². The Kier molecular flexibility index (Phi) is 3.93. The summed E-state index contributed by atoms with van der Waals surface area (Å²) in [6.07, 6.45) is 4.65. The van der Waals surface area contributed by atoms with E-state index in [1.165, 1.54) is 11.3 Å². The normalized spacial score (nSPS) is 10.4. The van der Waals surface area contributed by atoms with E-state index in [0.717, 1.165) is 24.3 Å². The van der Waals surface area contributed by atoms with Crippen LogP contribution < -0.4 is 10.2 Å². The summed E-state index contributed by atoms with van der Waals surface area (Å²) in [5, 5.41) is 5.10. The van der Waals surface area contributed by atoms with Crippen molar-refractivity contribution >= 4 is 17.0 Å². The summed E-state index contributed by atoms with van der Waals surface area (Å²) >= 11 is 1.21. The van der Waals surface area contributed by atoms with Crippen molar-refractivity contribution < 1.29 is 0 Å². The van der Waals surface area contributed by atoms with Crippen LogP contribution in [0.3, 0.4) is 0 Å². The Balaban J connectivity index is 2.11. The highest BCUT2D eigenvalue weighted by Gasteiger charge is 2.01. The molecule has 0 spiro atoms. The van der Waals surface area contributed by atoms with Gasteiger partial charge in [-0.25, -0.2) is 0 Å². The van der Waals surface area contributed by atoms with Gasteiger partial charge < -0.3 is 5.32 Å². The molecule has 4 nitrogen and oxygen atoms in total. The van der Waals surface area contributed by atoms with E-state index >= 15 is 0 Å². The molecule has 1 N–H and O–H groups in total. The van der Waals surface area contributed by atoms with Gasteiger partial charge in [0.1, 0.15) is 0 Å². The summed E-state index contributed by atoms with van der Waals surface area (Å²) < 4.78 is 1.66. The zero-order valence-corrected chi connectivity index (χ0v) is 10.5. The monoisotopic (exact) mass is 249 g/mol. The zero-order valence-electron chi connectivity index (χ0n) is 9.72. The number of thiazole rings is 1. The SMILES string of the molecule is CCCNc1ccnc(Cn2ccsc2=O)c1. The van der Waals surface area contributed by atoms with E-state index in [1.807, 2.05) is 12.1 Å². The molecule has 2 heterocycles. The molecule has 17 heavy (non-hydrogen) atoms. The van der Waals surface area contributed by atoms with Crippen molar-refractivity contribution in [1.82, 2.24) is 9.55 Å². The van der Waals surface area contributed by atoms with Crippen molar-refractivity contribution in [2.75, 3.05) is 11.9 Å². The molecule has 0 saturated carbocycles. The maximum absolute atomic E-state index is 11.4. The molecular formula is C12H15N3OS. The maximum atomic E-state index is 11.4. The van der Waals surface area contributed by atoms with Gasteiger partial charge >= 0.3 is 4.87 Å². The van der Waals surface area contributed by atoms with Crippen molar-refractivity contribution in [3.63, 3.8) is 0 Å². The van der Waals surface area contributed by atoms with Crippen LogP contribution in [-0.4, -0.2) is 16.1 Å². The molecule has 0 amide bonds. The number of hydrogen-bond acceptors (Lipinski definition) is 4. The first-order valence-corrected chi connectivity index (χ1v) is 6.50. The van der Waals surface area contributed by atoms with Crippen LogP contribution in [0.25, 0.3) is 0 Å². The topological polar surface area (TPSA) is 46.9 Å². The number of anilines is 1. The summed E-state index contributed by atoms with van der Waals surface area (Å²) in [6, 6.07) is 3.93. The average molecular weight is 249 g/mol. The van der Waals surface area contributed by atoms with E-state index in [2.05, 4.69) is 17.2 Å². The van der Waals surface area contributed by atoms with Crippen molar-refractivity contribution in [3.8, 4) is 0 Å². The van der Waals surface area contributed by atoms with Crippen molar-refractivity contribution in [2.24, 2.45) is 0 Å². The van der Waals surface area contributed by atoms with Gasteiger partial charge in [0.05, 0.1) is 12.2 Å². The summed E-state index contributed by atoms with van der Waals surface area (Å²) in [4.78, 5) is 15.7. The Hall–Kier alpha value is -1.62. The van der Waals surface area contributed by atoms with Crippen LogP contribution in [0, 0.1) is 0 Å². The predicted octanol–water partition coefficient (Wildman–Crippen LogP) is 2.17. The average Bonchev–Trinajstić information content (AvgIpc) is 2.73. The highest BCUT2D eigenvalue weighted by Crippen LogP contribution is 2.09. The first-order chi connectivity index (χ1) is 8.29. The van der Waals surface area contributed by atoms with Gasteiger partial charge in [0.25, 0.3) is 0 Å². The summed E-state index contributed by atoms with van der Waals surface area (Å²) in [6.45, 7) is 3.60. The number of nitrogens with zero attached hydrogens (tertiary/aromatic N) is 2. The van der Waals surface area contributed by atoms with E-state index in [0.29, 0.717) is 6.54 Å². The minimum absolute atomic E-state index is 0.0544. The fourth-order valence-corrected chi connectivity index (χ4v) is 2.11. The van der Waals surface area contributed by atoms with Crippen LogP contribution >= 0.6 is 11.3 Å². The van der Waals surface area contributed by atoms with Gasteiger partial charge in [-0.15, -0.1) is 0 Å². The van der Waals surface area contributed by atoms with E-state index in [4.69, 9.17) is 0 Å². The van der Waals surface area contributed by atoms with Gasteiger partial charge in [-0.05, 0) is 18.6 Å². The zero-order chi connectivity index (χ0) is 12.1. The summed E-state index contributed by atoms with van der Waals surface area (Å²) in [5.41, 5.74) is 1.95. The molecule has 2 rings (SSSR count). The van der Waals surface area contributed by atoms with Gasteiger partial charge in [0.15, 0.2) is 0 Å². The Morgan fingerprint density at radius 2 is 2.41 bits per heavy atom. The first-order valence-electron chi connectivity index (χ1n) is 5.62. The minimum Gasteiger partial charge on any atom is -0.385 e. The molecule has 0 bridgehead atoms. The lowest BCUT2D eigenvalue weighted by atomic mass is 10.3. The van der Waals surface area contributed by atoms with Gasteiger partial charge in [-0.3, -0.25) is 14.3 Å². The maximum Gasteiger partial charge on any atom is 0.307 e. The lowest BCUT2D eigenvalue weighted by Gasteiger charge is -2.06. The Labute approximate surface area is 104 Å². The Bertz CT molecular complexity index is 532. The Morgan fingerprint density at radius 1 is 1.53 bits per heavy atom. The summed E-state index contributed by atoms with van der Waals surface area (Å²) in [7, 11) is 0. The molecule has 90 valence electrons. The van der Waals surface area contributed by atoms with Gasteiger partial charge in [0.2, 0.25) is 0 Å². The smallest absolute Gasteiger partial charge is 0.307 e. The second kappa shape index (κ2) is 5.63.